The fourth-order valence-corrected chi connectivity index (χ4v) is 1.84. The Morgan fingerprint density at radius 3 is 3.00 bits per heavy atom. The molecule has 17 heavy (non-hydrogen) atoms. The quantitative estimate of drug-likeness (QED) is 0.752. The van der Waals surface area contributed by atoms with Crippen LogP contribution in [0.3, 0.4) is 0 Å². The molecule has 0 aromatic heterocycles. The predicted octanol–water partition coefficient (Wildman–Crippen LogP) is 1.92. The van der Waals surface area contributed by atoms with Crippen molar-refractivity contribution < 1.29 is 19.0 Å². The number of benzene rings is 1. The van der Waals surface area contributed by atoms with Gasteiger partial charge in [0.05, 0.1) is 7.11 Å². The van der Waals surface area contributed by atoms with E-state index in [4.69, 9.17) is 9.47 Å². The minimum Gasteiger partial charge on any atom is -0.467 e. The van der Waals surface area contributed by atoms with Gasteiger partial charge in [-0.05, 0) is 25.0 Å². The van der Waals surface area contributed by atoms with E-state index >= 15 is 0 Å². The summed E-state index contributed by atoms with van der Waals surface area (Å²) in [6, 6.07) is 7.86. The average Bonchev–Trinajstić information content (AvgIpc) is 2.37. The summed E-state index contributed by atoms with van der Waals surface area (Å²) in [5.41, 5.74) is 1.18. The van der Waals surface area contributed by atoms with Gasteiger partial charge in [0.15, 0.2) is 6.10 Å². The number of hydrogen-bond donors (Lipinski definition) is 0. The summed E-state index contributed by atoms with van der Waals surface area (Å²) in [5, 5.41) is 0. The minimum absolute atomic E-state index is 0.376. The highest BCUT2D eigenvalue weighted by Crippen LogP contribution is 2.27. The first-order chi connectivity index (χ1) is 8.20. The predicted molar refractivity (Wildman–Crippen MR) is 61.7 cm³/mol. The Morgan fingerprint density at radius 2 is 2.24 bits per heavy atom. The van der Waals surface area contributed by atoms with Crippen molar-refractivity contribution in [3.8, 4) is 5.75 Å². The molecule has 2 atom stereocenters. The summed E-state index contributed by atoms with van der Waals surface area (Å²) in [7, 11) is 1.35. The topological polar surface area (TPSA) is 44.8 Å². The number of ether oxygens (including phenoxy) is 3. The van der Waals surface area contributed by atoms with Crippen LogP contribution in [0, 0.1) is 0 Å². The van der Waals surface area contributed by atoms with Gasteiger partial charge in [-0.3, -0.25) is 0 Å². The Balaban J connectivity index is 1.96. The Kier molecular flexibility index (Phi) is 3.64. The van der Waals surface area contributed by atoms with Crippen molar-refractivity contribution in [3.05, 3.63) is 29.8 Å². The number of esters is 1. The first kappa shape index (κ1) is 11.9. The van der Waals surface area contributed by atoms with Gasteiger partial charge < -0.3 is 14.2 Å². The van der Waals surface area contributed by atoms with Crippen LogP contribution < -0.4 is 4.74 Å². The van der Waals surface area contributed by atoms with Crippen LogP contribution >= 0.6 is 0 Å². The zero-order chi connectivity index (χ0) is 12.3. The minimum atomic E-state index is -0.602. The molecule has 0 saturated carbocycles. The molecule has 0 amide bonds. The Bertz CT molecular complexity index is 402. The van der Waals surface area contributed by atoms with Crippen molar-refractivity contribution in [3.63, 3.8) is 0 Å². The highest BCUT2D eigenvalue weighted by molar-refractivity contribution is 5.73. The van der Waals surface area contributed by atoms with E-state index in [2.05, 4.69) is 4.74 Å². The lowest BCUT2D eigenvalue weighted by Gasteiger charge is -2.27. The summed E-state index contributed by atoms with van der Waals surface area (Å²) in [5.74, 6) is 0.452. The van der Waals surface area contributed by atoms with Crippen molar-refractivity contribution in [2.45, 2.75) is 32.2 Å². The number of aryl methyl sites for hydroxylation is 1. The SMILES string of the molecule is COC(=O)[C@H](C)O[C@H]1CCc2ccccc2O1. The van der Waals surface area contributed by atoms with Crippen LogP contribution in [0.25, 0.3) is 0 Å². The fraction of sp³-hybridized carbons (Fsp3) is 0.462. The van der Waals surface area contributed by atoms with E-state index in [-0.39, 0.29) is 12.3 Å². The zero-order valence-corrected chi connectivity index (χ0v) is 10.0. The van der Waals surface area contributed by atoms with Crippen LogP contribution in [-0.2, 0) is 20.7 Å². The van der Waals surface area contributed by atoms with Crippen LogP contribution in [0.2, 0.25) is 0 Å². The second kappa shape index (κ2) is 5.19. The smallest absolute Gasteiger partial charge is 0.334 e. The molecule has 0 fully saturated rings. The van der Waals surface area contributed by atoms with Gasteiger partial charge in [0, 0.05) is 6.42 Å². The van der Waals surface area contributed by atoms with Crippen molar-refractivity contribution in [2.24, 2.45) is 0 Å². The summed E-state index contributed by atoms with van der Waals surface area (Å²) in [4.78, 5) is 11.2. The Hall–Kier alpha value is -1.55. The summed E-state index contributed by atoms with van der Waals surface area (Å²) in [6.45, 7) is 1.66. The van der Waals surface area contributed by atoms with E-state index in [1.54, 1.807) is 6.92 Å². The first-order valence-electron chi connectivity index (χ1n) is 5.68. The van der Waals surface area contributed by atoms with E-state index < -0.39 is 6.10 Å². The number of para-hydroxylation sites is 1. The van der Waals surface area contributed by atoms with E-state index in [1.807, 2.05) is 24.3 Å². The molecule has 1 aromatic carbocycles. The molecule has 0 aliphatic carbocycles. The normalized spacial score (nSPS) is 20.0. The summed E-state index contributed by atoms with van der Waals surface area (Å²) >= 11 is 0. The van der Waals surface area contributed by atoms with E-state index in [0.717, 1.165) is 18.6 Å². The summed E-state index contributed by atoms with van der Waals surface area (Å²) < 4.78 is 15.8. The molecule has 1 heterocycles. The largest absolute Gasteiger partial charge is 0.467 e. The molecule has 0 bridgehead atoms. The standard InChI is InChI=1S/C13H16O4/c1-9(13(14)15-2)16-12-8-7-10-5-3-4-6-11(10)17-12/h3-6,9,12H,7-8H2,1-2H3/t9-,12+/m0/s1. The average molecular weight is 236 g/mol. The first-order valence-corrected chi connectivity index (χ1v) is 5.68. The number of carbonyl (C=O) groups is 1. The zero-order valence-electron chi connectivity index (χ0n) is 10.0. The van der Waals surface area contributed by atoms with Crippen LogP contribution in [0.1, 0.15) is 18.9 Å². The van der Waals surface area contributed by atoms with Crippen molar-refractivity contribution in [2.75, 3.05) is 7.11 Å². The summed E-state index contributed by atoms with van der Waals surface area (Å²) in [6.07, 6.45) is 0.668. The molecule has 1 aliphatic heterocycles. The Morgan fingerprint density at radius 1 is 1.47 bits per heavy atom. The van der Waals surface area contributed by atoms with Crippen LogP contribution in [0.4, 0.5) is 0 Å². The molecule has 0 radical (unpaired) electrons. The van der Waals surface area contributed by atoms with Gasteiger partial charge in [0.25, 0.3) is 0 Å². The van der Waals surface area contributed by atoms with Gasteiger partial charge in [-0.25, -0.2) is 4.79 Å². The third-order valence-corrected chi connectivity index (χ3v) is 2.77. The molecule has 4 heteroatoms. The lowest BCUT2D eigenvalue weighted by atomic mass is 10.1. The molecule has 1 aliphatic rings. The maximum absolute atomic E-state index is 11.2. The molecule has 92 valence electrons. The maximum atomic E-state index is 11.2. The van der Waals surface area contributed by atoms with Gasteiger partial charge in [-0.2, -0.15) is 0 Å². The van der Waals surface area contributed by atoms with Gasteiger partial charge in [0.2, 0.25) is 6.29 Å². The lowest BCUT2D eigenvalue weighted by molar-refractivity contribution is -0.172. The highest BCUT2D eigenvalue weighted by Gasteiger charge is 2.24. The van der Waals surface area contributed by atoms with Crippen molar-refractivity contribution >= 4 is 5.97 Å². The Labute approximate surface area is 100 Å². The number of methoxy groups -OCH3 is 1. The molecular weight excluding hydrogens is 220 g/mol. The molecule has 0 unspecified atom stereocenters. The van der Waals surface area contributed by atoms with Gasteiger partial charge in [0.1, 0.15) is 5.75 Å². The molecule has 4 nitrogen and oxygen atoms in total. The van der Waals surface area contributed by atoms with E-state index in [0.29, 0.717) is 0 Å². The van der Waals surface area contributed by atoms with Gasteiger partial charge >= 0.3 is 5.97 Å². The van der Waals surface area contributed by atoms with Crippen molar-refractivity contribution in [1.29, 1.82) is 0 Å². The van der Waals surface area contributed by atoms with Gasteiger partial charge in [-0.15, -0.1) is 0 Å². The fourth-order valence-electron chi connectivity index (χ4n) is 1.84. The van der Waals surface area contributed by atoms with Crippen LogP contribution in [0.5, 0.6) is 5.75 Å². The third-order valence-electron chi connectivity index (χ3n) is 2.77. The van der Waals surface area contributed by atoms with E-state index in [1.165, 1.54) is 12.7 Å². The number of hydrogen-bond acceptors (Lipinski definition) is 4. The lowest BCUT2D eigenvalue weighted by Crippen LogP contribution is -2.33. The monoisotopic (exact) mass is 236 g/mol. The second-order valence-corrected chi connectivity index (χ2v) is 4.00. The second-order valence-electron chi connectivity index (χ2n) is 4.00. The van der Waals surface area contributed by atoms with Gasteiger partial charge in [-0.1, -0.05) is 18.2 Å². The van der Waals surface area contributed by atoms with Crippen LogP contribution in [-0.4, -0.2) is 25.5 Å². The molecule has 0 N–H and O–H groups in total. The highest BCUT2D eigenvalue weighted by atomic mass is 16.7. The number of carbonyl (C=O) groups excluding carboxylic acids is 1. The molecule has 1 aromatic rings. The van der Waals surface area contributed by atoms with Crippen molar-refractivity contribution in [1.82, 2.24) is 0 Å². The maximum Gasteiger partial charge on any atom is 0.334 e. The molecule has 0 saturated heterocycles. The third kappa shape index (κ3) is 2.77. The number of rotatable bonds is 3. The van der Waals surface area contributed by atoms with E-state index in [9.17, 15) is 4.79 Å². The van der Waals surface area contributed by atoms with Crippen LogP contribution in [0.15, 0.2) is 24.3 Å². The molecular formula is C13H16O4. The molecule has 0 spiro atoms. The number of fused-ring (bicyclic) bond motifs is 1. The molecule has 2 rings (SSSR count).